The number of para-hydroxylation sites is 2. The lowest BCUT2D eigenvalue weighted by Crippen LogP contribution is -2.15. The maximum Gasteiger partial charge on any atom is 0.160 e. The van der Waals surface area contributed by atoms with Crippen molar-refractivity contribution in [1.29, 1.82) is 5.26 Å². The molecule has 0 radical (unpaired) electrons. The first-order valence-corrected chi connectivity index (χ1v) is 14.5. The zero-order valence-corrected chi connectivity index (χ0v) is 23.7. The van der Waals surface area contributed by atoms with Crippen LogP contribution in [0.1, 0.15) is 30.5 Å². The molecule has 202 valence electrons. The minimum absolute atomic E-state index is 0.150. The van der Waals surface area contributed by atoms with Crippen LogP contribution in [0.3, 0.4) is 0 Å². The summed E-state index contributed by atoms with van der Waals surface area (Å²) in [5.74, 6) is 0. The van der Waals surface area contributed by atoms with Crippen LogP contribution in [-0.4, -0.2) is 9.55 Å². The van der Waals surface area contributed by atoms with Gasteiger partial charge in [0.1, 0.15) is 17.3 Å². The molecule has 5 aromatic carbocycles. The van der Waals surface area contributed by atoms with Gasteiger partial charge in [-0.15, -0.1) is 0 Å². The van der Waals surface area contributed by atoms with Gasteiger partial charge in [0.25, 0.3) is 0 Å². The lowest BCUT2D eigenvalue weighted by molar-refractivity contribution is 0.660. The van der Waals surface area contributed by atoms with Crippen LogP contribution in [0.15, 0.2) is 120 Å². The summed E-state index contributed by atoms with van der Waals surface area (Å²) < 4.78 is 9.05. The molecule has 0 atom stereocenters. The molecule has 4 nitrogen and oxygen atoms in total. The maximum atomic E-state index is 10.5. The Hall–Kier alpha value is -5.66. The summed E-state index contributed by atoms with van der Waals surface area (Å²) in [6.07, 6.45) is 1.80. The van der Waals surface area contributed by atoms with Gasteiger partial charge in [0.05, 0.1) is 22.3 Å². The Bertz CT molecular complexity index is 2490. The van der Waals surface area contributed by atoms with E-state index in [4.69, 9.17) is 4.42 Å². The van der Waals surface area contributed by atoms with Gasteiger partial charge in [-0.2, -0.15) is 5.26 Å². The summed E-state index contributed by atoms with van der Waals surface area (Å²) in [4.78, 5) is 4.60. The Morgan fingerprint density at radius 2 is 1.42 bits per heavy atom. The molecule has 0 unspecified atom stereocenters. The average molecular weight is 552 g/mol. The van der Waals surface area contributed by atoms with Crippen LogP contribution >= 0.6 is 0 Å². The van der Waals surface area contributed by atoms with Crippen LogP contribution in [0.5, 0.6) is 0 Å². The van der Waals surface area contributed by atoms with Crippen LogP contribution in [0, 0.1) is 11.3 Å². The lowest BCUT2D eigenvalue weighted by Gasteiger charge is -2.21. The van der Waals surface area contributed by atoms with E-state index >= 15 is 0 Å². The molecule has 4 heteroatoms. The number of fused-ring (bicyclic) bond motifs is 9. The van der Waals surface area contributed by atoms with Crippen LogP contribution in [0.2, 0.25) is 0 Å². The summed E-state index contributed by atoms with van der Waals surface area (Å²) >= 11 is 0. The Labute approximate surface area is 248 Å². The van der Waals surface area contributed by atoms with E-state index in [9.17, 15) is 5.26 Å². The second kappa shape index (κ2) is 8.44. The molecular weight excluding hydrogens is 526 g/mol. The zero-order chi connectivity index (χ0) is 28.9. The molecule has 1 aliphatic rings. The highest BCUT2D eigenvalue weighted by Gasteiger charge is 2.36. The van der Waals surface area contributed by atoms with Gasteiger partial charge in [-0.25, -0.2) is 0 Å². The topological polar surface area (TPSA) is 54.8 Å². The van der Waals surface area contributed by atoms with Crippen molar-refractivity contribution in [2.24, 2.45) is 0 Å². The third-order valence-electron chi connectivity index (χ3n) is 9.30. The predicted octanol–water partition coefficient (Wildman–Crippen LogP) is 9.92. The van der Waals surface area contributed by atoms with Crippen molar-refractivity contribution in [1.82, 2.24) is 9.55 Å². The molecular formula is C39H25N3O. The molecule has 0 spiro atoms. The third-order valence-corrected chi connectivity index (χ3v) is 9.30. The van der Waals surface area contributed by atoms with Gasteiger partial charge < -0.3 is 8.98 Å². The summed E-state index contributed by atoms with van der Waals surface area (Å²) in [5, 5.41) is 14.8. The van der Waals surface area contributed by atoms with Crippen LogP contribution < -0.4 is 0 Å². The number of aromatic nitrogens is 2. The van der Waals surface area contributed by atoms with E-state index in [-0.39, 0.29) is 5.41 Å². The van der Waals surface area contributed by atoms with E-state index in [0.717, 1.165) is 55.1 Å². The quantitative estimate of drug-likeness (QED) is 0.215. The van der Waals surface area contributed by atoms with Crippen molar-refractivity contribution >= 4 is 43.7 Å². The van der Waals surface area contributed by atoms with Crippen LogP contribution in [0.25, 0.3) is 71.8 Å². The molecule has 0 amide bonds. The van der Waals surface area contributed by atoms with Crippen molar-refractivity contribution < 1.29 is 4.42 Å². The van der Waals surface area contributed by atoms with E-state index in [1.54, 1.807) is 6.20 Å². The lowest BCUT2D eigenvalue weighted by atomic mass is 9.82. The largest absolute Gasteiger partial charge is 0.453 e. The Kier molecular flexibility index (Phi) is 4.71. The van der Waals surface area contributed by atoms with Crippen molar-refractivity contribution in [3.63, 3.8) is 0 Å². The number of nitrogens with zero attached hydrogens (tertiary/aromatic N) is 3. The molecule has 0 bridgehead atoms. The second-order valence-corrected chi connectivity index (χ2v) is 11.9. The van der Waals surface area contributed by atoms with Crippen molar-refractivity contribution in [2.75, 3.05) is 0 Å². The molecule has 8 aromatic rings. The minimum atomic E-state index is -0.150. The zero-order valence-electron chi connectivity index (χ0n) is 23.7. The summed E-state index contributed by atoms with van der Waals surface area (Å²) in [5.41, 5.74) is 11.7. The molecule has 0 fully saturated rings. The summed E-state index contributed by atoms with van der Waals surface area (Å²) in [6, 6.07) is 40.4. The summed E-state index contributed by atoms with van der Waals surface area (Å²) in [7, 11) is 0. The number of hydrogen-bond acceptors (Lipinski definition) is 3. The first kappa shape index (κ1) is 24.0. The van der Waals surface area contributed by atoms with E-state index in [2.05, 4.69) is 96.2 Å². The fourth-order valence-electron chi connectivity index (χ4n) is 7.29. The third kappa shape index (κ3) is 3.11. The highest BCUT2D eigenvalue weighted by molar-refractivity contribution is 6.16. The fourth-order valence-corrected chi connectivity index (χ4v) is 7.29. The Morgan fingerprint density at radius 1 is 0.651 bits per heavy atom. The molecule has 3 aromatic heterocycles. The van der Waals surface area contributed by atoms with Gasteiger partial charge in [0.15, 0.2) is 5.58 Å². The first-order chi connectivity index (χ1) is 21.1. The van der Waals surface area contributed by atoms with Crippen LogP contribution in [0.4, 0.5) is 0 Å². The van der Waals surface area contributed by atoms with E-state index in [1.165, 1.54) is 22.3 Å². The van der Waals surface area contributed by atoms with E-state index in [1.807, 2.05) is 42.5 Å². The monoisotopic (exact) mass is 551 g/mol. The highest BCUT2D eigenvalue weighted by Crippen LogP contribution is 2.51. The number of furan rings is 1. The van der Waals surface area contributed by atoms with Gasteiger partial charge in [-0.3, -0.25) is 4.98 Å². The molecule has 0 aliphatic heterocycles. The molecule has 0 saturated carbocycles. The fraction of sp³-hybridized carbons (Fsp3) is 0.0769. The molecule has 3 heterocycles. The number of hydrogen-bond donors (Lipinski definition) is 0. The van der Waals surface area contributed by atoms with Crippen molar-refractivity contribution in [2.45, 2.75) is 19.3 Å². The molecule has 43 heavy (non-hydrogen) atoms. The molecule has 0 saturated heterocycles. The number of rotatable bonds is 2. The van der Waals surface area contributed by atoms with E-state index < -0.39 is 0 Å². The first-order valence-electron chi connectivity index (χ1n) is 14.5. The minimum Gasteiger partial charge on any atom is -0.453 e. The summed E-state index contributed by atoms with van der Waals surface area (Å²) in [6.45, 7) is 4.60. The Balaban J connectivity index is 1.43. The van der Waals surface area contributed by atoms with Crippen LogP contribution in [-0.2, 0) is 5.41 Å². The molecule has 0 N–H and O–H groups in total. The maximum absolute atomic E-state index is 10.5. The second-order valence-electron chi connectivity index (χ2n) is 11.9. The van der Waals surface area contributed by atoms with Gasteiger partial charge in [0, 0.05) is 38.7 Å². The Morgan fingerprint density at radius 3 is 2.28 bits per heavy atom. The van der Waals surface area contributed by atoms with E-state index in [0.29, 0.717) is 11.1 Å². The van der Waals surface area contributed by atoms with Crippen molar-refractivity contribution in [3.8, 4) is 34.1 Å². The van der Waals surface area contributed by atoms with Gasteiger partial charge in [-0.05, 0) is 70.8 Å². The van der Waals surface area contributed by atoms with Gasteiger partial charge in [-0.1, -0.05) is 74.5 Å². The highest BCUT2D eigenvalue weighted by atomic mass is 16.3. The smallest absolute Gasteiger partial charge is 0.160 e. The normalized spacial score (nSPS) is 13.5. The standard InChI is InChI=1S/C39H25N3O/c1-39(2)31-14-5-3-10-24(31)29-20-30-25-11-4-6-16-34(25)42(35(30)21-32(29)39)36-23(22-40)17-18-27-26-12-9-13-28(37(26)43-38(27)36)33-15-7-8-19-41-33/h3-21H,1-2H3. The van der Waals surface area contributed by atoms with Gasteiger partial charge in [0.2, 0.25) is 0 Å². The van der Waals surface area contributed by atoms with Gasteiger partial charge >= 0.3 is 0 Å². The number of pyridine rings is 1. The SMILES string of the molecule is CC1(C)c2ccccc2-c2cc3c4ccccc4n(-c4c(C#N)ccc5c4oc4c(-c6ccccn6)cccc45)c3cc21. The average Bonchev–Trinajstić information content (AvgIpc) is 3.66. The predicted molar refractivity (Wildman–Crippen MR) is 174 cm³/mol. The van der Waals surface area contributed by atoms with Crippen molar-refractivity contribution in [3.05, 3.63) is 132 Å². The number of benzene rings is 5. The molecule has 9 rings (SSSR count). The molecule has 1 aliphatic carbocycles. The number of nitriles is 1.